The van der Waals surface area contributed by atoms with Crippen LogP contribution >= 0.6 is 0 Å². The van der Waals surface area contributed by atoms with E-state index in [1.54, 1.807) is 15.6 Å². The molecule has 0 fully saturated rings. The SMILES string of the molecule is CCCc1nn(-c2cccc(F)c2)c(CC)c1C(=O)N(C)Cc1ccccc1. The quantitative estimate of drug-likeness (QED) is 0.591. The second-order valence-corrected chi connectivity index (χ2v) is 6.91. The molecule has 0 bridgehead atoms. The zero-order chi connectivity index (χ0) is 20.1. The van der Waals surface area contributed by atoms with Crippen molar-refractivity contribution in [2.24, 2.45) is 0 Å². The van der Waals surface area contributed by atoms with Crippen molar-refractivity contribution >= 4 is 5.91 Å². The van der Waals surface area contributed by atoms with Crippen molar-refractivity contribution in [3.05, 3.63) is 82.9 Å². The summed E-state index contributed by atoms with van der Waals surface area (Å²) in [5.41, 5.74) is 3.95. The lowest BCUT2D eigenvalue weighted by Crippen LogP contribution is -2.27. The second kappa shape index (κ2) is 8.83. The molecular formula is C23H26FN3O. The Balaban J connectivity index is 2.02. The minimum Gasteiger partial charge on any atom is -0.337 e. The van der Waals surface area contributed by atoms with Crippen molar-refractivity contribution in [1.29, 1.82) is 0 Å². The fraction of sp³-hybridized carbons (Fsp3) is 0.304. The third-order valence-electron chi connectivity index (χ3n) is 4.75. The Morgan fingerprint density at radius 2 is 1.86 bits per heavy atom. The average molecular weight is 379 g/mol. The maximum atomic E-state index is 13.8. The fourth-order valence-corrected chi connectivity index (χ4v) is 3.43. The van der Waals surface area contributed by atoms with Gasteiger partial charge in [-0.3, -0.25) is 4.79 Å². The molecule has 2 aromatic carbocycles. The maximum absolute atomic E-state index is 13.8. The van der Waals surface area contributed by atoms with Gasteiger partial charge in [-0.25, -0.2) is 9.07 Å². The molecule has 1 amide bonds. The first-order valence-corrected chi connectivity index (χ1v) is 9.71. The highest BCUT2D eigenvalue weighted by atomic mass is 19.1. The monoisotopic (exact) mass is 379 g/mol. The minimum absolute atomic E-state index is 0.0493. The van der Waals surface area contributed by atoms with Crippen LogP contribution in [0.15, 0.2) is 54.6 Å². The van der Waals surface area contributed by atoms with Crippen LogP contribution in [0, 0.1) is 5.82 Å². The van der Waals surface area contributed by atoms with Crippen LogP contribution < -0.4 is 0 Å². The van der Waals surface area contributed by atoms with Gasteiger partial charge in [-0.05, 0) is 36.6 Å². The molecule has 0 aliphatic carbocycles. The number of carbonyl (C=O) groups excluding carboxylic acids is 1. The van der Waals surface area contributed by atoms with E-state index in [0.717, 1.165) is 23.4 Å². The van der Waals surface area contributed by atoms with E-state index in [9.17, 15) is 9.18 Å². The molecule has 3 rings (SSSR count). The van der Waals surface area contributed by atoms with Gasteiger partial charge in [0.25, 0.3) is 5.91 Å². The third kappa shape index (κ3) is 4.14. The van der Waals surface area contributed by atoms with E-state index in [1.807, 2.05) is 50.4 Å². The number of hydrogen-bond acceptors (Lipinski definition) is 2. The van der Waals surface area contributed by atoms with Gasteiger partial charge >= 0.3 is 0 Å². The number of aryl methyl sites for hydroxylation is 1. The summed E-state index contributed by atoms with van der Waals surface area (Å²) in [6.45, 7) is 4.59. The summed E-state index contributed by atoms with van der Waals surface area (Å²) >= 11 is 0. The molecule has 0 aliphatic rings. The first-order chi connectivity index (χ1) is 13.5. The van der Waals surface area contributed by atoms with Crippen LogP contribution in [0.1, 0.15) is 47.6 Å². The van der Waals surface area contributed by atoms with Gasteiger partial charge in [0, 0.05) is 13.6 Å². The zero-order valence-electron chi connectivity index (χ0n) is 16.7. The normalized spacial score (nSPS) is 10.9. The molecule has 0 saturated heterocycles. The number of halogens is 1. The van der Waals surface area contributed by atoms with Gasteiger partial charge in [0.05, 0.1) is 22.6 Å². The molecule has 0 atom stereocenters. The standard InChI is InChI=1S/C23H26FN3O/c1-4-10-20-22(23(28)26(3)16-17-11-7-6-8-12-17)21(5-2)27(25-20)19-14-9-13-18(24)15-19/h6-9,11-15H,4-5,10,16H2,1-3H3. The van der Waals surface area contributed by atoms with Crippen molar-refractivity contribution in [1.82, 2.24) is 14.7 Å². The van der Waals surface area contributed by atoms with Crippen LogP contribution in [0.2, 0.25) is 0 Å². The van der Waals surface area contributed by atoms with E-state index < -0.39 is 0 Å². The molecule has 0 saturated carbocycles. The van der Waals surface area contributed by atoms with Gasteiger partial charge in [-0.15, -0.1) is 0 Å². The predicted octanol–water partition coefficient (Wildman–Crippen LogP) is 4.80. The van der Waals surface area contributed by atoms with E-state index in [0.29, 0.717) is 30.6 Å². The van der Waals surface area contributed by atoms with Crippen LogP contribution in [0.4, 0.5) is 4.39 Å². The van der Waals surface area contributed by atoms with Gasteiger partial charge < -0.3 is 4.90 Å². The predicted molar refractivity (Wildman–Crippen MR) is 109 cm³/mol. The molecule has 0 spiro atoms. The molecule has 0 aliphatic heterocycles. The number of rotatable bonds is 7. The average Bonchev–Trinajstić information content (AvgIpc) is 3.06. The van der Waals surface area contributed by atoms with Gasteiger partial charge in [-0.1, -0.05) is 56.7 Å². The van der Waals surface area contributed by atoms with Crippen molar-refractivity contribution in [3.63, 3.8) is 0 Å². The van der Waals surface area contributed by atoms with Gasteiger partial charge in [0.15, 0.2) is 0 Å². The first kappa shape index (κ1) is 19.8. The lowest BCUT2D eigenvalue weighted by molar-refractivity contribution is 0.0783. The van der Waals surface area contributed by atoms with Crippen LogP contribution in [0.3, 0.4) is 0 Å². The molecule has 0 N–H and O–H groups in total. The number of hydrogen-bond donors (Lipinski definition) is 0. The number of amides is 1. The smallest absolute Gasteiger partial charge is 0.257 e. The van der Waals surface area contributed by atoms with Crippen LogP contribution in [-0.2, 0) is 19.4 Å². The minimum atomic E-state index is -0.318. The maximum Gasteiger partial charge on any atom is 0.257 e. The summed E-state index contributed by atoms with van der Waals surface area (Å²) in [6.07, 6.45) is 2.22. The molecule has 146 valence electrons. The van der Waals surface area contributed by atoms with Crippen molar-refractivity contribution in [3.8, 4) is 5.69 Å². The van der Waals surface area contributed by atoms with Crippen molar-refractivity contribution in [2.75, 3.05) is 7.05 Å². The van der Waals surface area contributed by atoms with E-state index in [1.165, 1.54) is 12.1 Å². The van der Waals surface area contributed by atoms with Crippen LogP contribution in [0.25, 0.3) is 5.69 Å². The molecule has 1 aromatic heterocycles. The highest BCUT2D eigenvalue weighted by Crippen LogP contribution is 2.23. The van der Waals surface area contributed by atoms with Gasteiger partial charge in [0.1, 0.15) is 5.82 Å². The Bertz CT molecular complexity index is 950. The Labute approximate surface area is 165 Å². The van der Waals surface area contributed by atoms with Gasteiger partial charge in [-0.2, -0.15) is 5.10 Å². The fourth-order valence-electron chi connectivity index (χ4n) is 3.43. The largest absolute Gasteiger partial charge is 0.337 e. The Morgan fingerprint density at radius 3 is 2.50 bits per heavy atom. The highest BCUT2D eigenvalue weighted by Gasteiger charge is 2.25. The van der Waals surface area contributed by atoms with E-state index >= 15 is 0 Å². The summed E-state index contributed by atoms with van der Waals surface area (Å²) in [7, 11) is 1.81. The molecule has 4 nitrogen and oxygen atoms in total. The molecular weight excluding hydrogens is 353 g/mol. The van der Waals surface area contributed by atoms with Crippen LogP contribution in [0.5, 0.6) is 0 Å². The summed E-state index contributed by atoms with van der Waals surface area (Å²) in [6, 6.07) is 16.2. The van der Waals surface area contributed by atoms with Crippen LogP contribution in [-0.4, -0.2) is 27.6 Å². The highest BCUT2D eigenvalue weighted by molar-refractivity contribution is 5.96. The zero-order valence-corrected chi connectivity index (χ0v) is 16.7. The molecule has 3 aromatic rings. The van der Waals surface area contributed by atoms with E-state index in [4.69, 9.17) is 5.10 Å². The van der Waals surface area contributed by atoms with E-state index in [-0.39, 0.29) is 11.7 Å². The molecule has 28 heavy (non-hydrogen) atoms. The summed E-state index contributed by atoms with van der Waals surface area (Å²) in [5.74, 6) is -0.368. The number of carbonyl (C=O) groups is 1. The Kier molecular flexibility index (Phi) is 6.24. The Hall–Kier alpha value is -2.95. The summed E-state index contributed by atoms with van der Waals surface area (Å²) < 4.78 is 15.5. The number of aromatic nitrogens is 2. The molecule has 1 heterocycles. The summed E-state index contributed by atoms with van der Waals surface area (Å²) in [5, 5.41) is 4.70. The number of nitrogens with zero attached hydrogens (tertiary/aromatic N) is 3. The topological polar surface area (TPSA) is 38.1 Å². The van der Waals surface area contributed by atoms with Crippen molar-refractivity contribution in [2.45, 2.75) is 39.7 Å². The third-order valence-corrected chi connectivity index (χ3v) is 4.75. The van der Waals surface area contributed by atoms with E-state index in [2.05, 4.69) is 6.92 Å². The van der Waals surface area contributed by atoms with Crippen molar-refractivity contribution < 1.29 is 9.18 Å². The Morgan fingerprint density at radius 1 is 1.11 bits per heavy atom. The summed E-state index contributed by atoms with van der Waals surface area (Å²) in [4.78, 5) is 15.1. The first-order valence-electron chi connectivity index (χ1n) is 9.71. The molecule has 0 unspecified atom stereocenters. The number of benzene rings is 2. The van der Waals surface area contributed by atoms with Gasteiger partial charge in [0.2, 0.25) is 0 Å². The lowest BCUT2D eigenvalue weighted by atomic mass is 10.1. The molecule has 0 radical (unpaired) electrons. The second-order valence-electron chi connectivity index (χ2n) is 6.91. The molecule has 5 heteroatoms. The lowest BCUT2D eigenvalue weighted by Gasteiger charge is -2.18.